The van der Waals surface area contributed by atoms with Crippen LogP contribution < -0.4 is 16.2 Å². The van der Waals surface area contributed by atoms with Crippen LogP contribution in [0, 0.1) is 6.92 Å². The van der Waals surface area contributed by atoms with Crippen molar-refractivity contribution in [1.29, 1.82) is 0 Å². The first kappa shape index (κ1) is 21.0. The zero-order valence-corrected chi connectivity index (χ0v) is 17.0. The van der Waals surface area contributed by atoms with Gasteiger partial charge in [0.1, 0.15) is 0 Å². The molecule has 0 atom stereocenters. The number of carbonyl (C=O) groups is 3. The van der Waals surface area contributed by atoms with Gasteiger partial charge in [-0.15, -0.1) is 0 Å². The van der Waals surface area contributed by atoms with E-state index in [1.54, 1.807) is 6.07 Å². The number of hydrogen-bond acceptors (Lipinski definition) is 4. The molecule has 3 amide bonds. The molecular weight excluding hydrogens is 380 g/mol. The lowest BCUT2D eigenvalue weighted by Gasteiger charge is -2.12. The van der Waals surface area contributed by atoms with Gasteiger partial charge in [0.15, 0.2) is 0 Å². The fourth-order valence-electron chi connectivity index (χ4n) is 2.97. The Labute approximate surface area is 174 Å². The van der Waals surface area contributed by atoms with Crippen molar-refractivity contribution >= 4 is 28.6 Å². The van der Waals surface area contributed by atoms with Crippen molar-refractivity contribution in [2.24, 2.45) is 0 Å². The van der Waals surface area contributed by atoms with Crippen LogP contribution in [0.4, 0.5) is 0 Å². The molecule has 7 nitrogen and oxygen atoms in total. The van der Waals surface area contributed by atoms with Crippen LogP contribution in [0.1, 0.15) is 35.7 Å². The second-order valence-corrected chi connectivity index (χ2v) is 6.97. The summed E-state index contributed by atoms with van der Waals surface area (Å²) < 4.78 is 0. The van der Waals surface area contributed by atoms with E-state index in [1.807, 2.05) is 62.4 Å². The minimum Gasteiger partial charge on any atom is -0.347 e. The summed E-state index contributed by atoms with van der Waals surface area (Å²) in [5, 5.41) is 3.18. The predicted octanol–water partition coefficient (Wildman–Crippen LogP) is 2.89. The summed E-state index contributed by atoms with van der Waals surface area (Å²) >= 11 is 0. The van der Waals surface area contributed by atoms with Gasteiger partial charge in [-0.25, -0.2) is 4.98 Å². The fraction of sp³-hybridized carbons (Fsp3) is 0.217. The Balaban J connectivity index is 1.78. The molecular formula is C23H24N4O3. The molecule has 0 saturated heterocycles. The van der Waals surface area contributed by atoms with Crippen LogP contribution in [0.5, 0.6) is 0 Å². The van der Waals surface area contributed by atoms with Crippen LogP contribution in [0.2, 0.25) is 0 Å². The first-order valence-corrected chi connectivity index (χ1v) is 9.80. The minimum absolute atomic E-state index is 0.204. The zero-order chi connectivity index (χ0) is 21.5. The van der Waals surface area contributed by atoms with Gasteiger partial charge in [0, 0.05) is 17.4 Å². The number of carbonyl (C=O) groups excluding carboxylic acids is 3. The van der Waals surface area contributed by atoms with Gasteiger partial charge in [-0.05, 0) is 25.5 Å². The number of fused-ring (bicyclic) bond motifs is 1. The quantitative estimate of drug-likeness (QED) is 0.550. The van der Waals surface area contributed by atoms with E-state index in [0.717, 1.165) is 11.1 Å². The second-order valence-electron chi connectivity index (χ2n) is 6.97. The van der Waals surface area contributed by atoms with Gasteiger partial charge in [0.05, 0.1) is 23.3 Å². The Morgan fingerprint density at radius 2 is 1.67 bits per heavy atom. The minimum atomic E-state index is -0.509. The Bertz CT molecular complexity index is 1080. The molecule has 7 heteroatoms. The van der Waals surface area contributed by atoms with Crippen molar-refractivity contribution in [2.45, 2.75) is 26.7 Å². The van der Waals surface area contributed by atoms with Crippen molar-refractivity contribution in [2.75, 3.05) is 6.54 Å². The highest BCUT2D eigenvalue weighted by atomic mass is 16.2. The number of hydrogen-bond donors (Lipinski definition) is 3. The lowest BCUT2D eigenvalue weighted by molar-refractivity contribution is -0.126. The molecule has 0 radical (unpaired) electrons. The number of pyridine rings is 1. The summed E-state index contributed by atoms with van der Waals surface area (Å²) in [6.07, 6.45) is 1.05. The fourth-order valence-corrected chi connectivity index (χ4v) is 2.97. The molecule has 1 heterocycles. The summed E-state index contributed by atoms with van der Waals surface area (Å²) in [7, 11) is 0. The Morgan fingerprint density at radius 1 is 0.933 bits per heavy atom. The molecule has 0 aliphatic rings. The topological polar surface area (TPSA) is 100 Å². The largest absolute Gasteiger partial charge is 0.347 e. The molecule has 1 aromatic heterocycles. The maximum Gasteiger partial charge on any atom is 0.270 e. The van der Waals surface area contributed by atoms with Crippen molar-refractivity contribution in [3.63, 3.8) is 0 Å². The number of aryl methyl sites for hydroxylation is 1. The van der Waals surface area contributed by atoms with Crippen LogP contribution in [0.15, 0.2) is 54.6 Å². The summed E-state index contributed by atoms with van der Waals surface area (Å²) in [6, 6.07) is 16.9. The van der Waals surface area contributed by atoms with Crippen molar-refractivity contribution in [3.05, 3.63) is 65.7 Å². The number of amides is 3. The second kappa shape index (κ2) is 9.65. The standard InChI is InChI=1S/C23H24N4O3/c1-3-6-21(28)24-14-22(29)26-27-23(30)18-13-20(16-11-9-15(2)10-12-16)25-19-8-5-4-7-17(18)19/h4-5,7-13H,3,6,14H2,1-2H3,(H,24,28)(H,26,29)(H,27,30). The number of aromatic nitrogens is 1. The SMILES string of the molecule is CCCC(=O)NCC(=O)NNC(=O)c1cc(-c2ccc(C)cc2)nc2ccccc12. The Morgan fingerprint density at radius 3 is 2.40 bits per heavy atom. The molecule has 0 spiro atoms. The maximum atomic E-state index is 12.8. The molecule has 0 saturated carbocycles. The molecule has 0 bridgehead atoms. The lowest BCUT2D eigenvalue weighted by Crippen LogP contribution is -2.46. The van der Waals surface area contributed by atoms with Crippen molar-refractivity contribution in [1.82, 2.24) is 21.2 Å². The van der Waals surface area contributed by atoms with Crippen molar-refractivity contribution in [3.8, 4) is 11.3 Å². The van der Waals surface area contributed by atoms with E-state index in [1.165, 1.54) is 0 Å². The van der Waals surface area contributed by atoms with Gasteiger partial charge < -0.3 is 5.32 Å². The maximum absolute atomic E-state index is 12.8. The summed E-state index contributed by atoms with van der Waals surface area (Å²) in [5.74, 6) is -1.18. The van der Waals surface area contributed by atoms with Gasteiger partial charge in [-0.3, -0.25) is 25.2 Å². The first-order valence-electron chi connectivity index (χ1n) is 9.80. The van der Waals surface area contributed by atoms with Crippen LogP contribution in [-0.4, -0.2) is 29.3 Å². The van der Waals surface area contributed by atoms with E-state index in [-0.39, 0.29) is 12.5 Å². The van der Waals surface area contributed by atoms with Gasteiger partial charge in [0.2, 0.25) is 5.91 Å². The molecule has 0 fully saturated rings. The normalized spacial score (nSPS) is 10.5. The highest BCUT2D eigenvalue weighted by molar-refractivity contribution is 6.07. The molecule has 0 aliphatic carbocycles. The van der Waals surface area contributed by atoms with Gasteiger partial charge in [-0.1, -0.05) is 55.0 Å². The van der Waals surface area contributed by atoms with Crippen LogP contribution in [-0.2, 0) is 9.59 Å². The summed E-state index contributed by atoms with van der Waals surface area (Å²) in [6.45, 7) is 3.68. The predicted molar refractivity (Wildman–Crippen MR) is 115 cm³/mol. The average molecular weight is 404 g/mol. The zero-order valence-electron chi connectivity index (χ0n) is 17.0. The van der Waals surface area contributed by atoms with Gasteiger partial charge >= 0.3 is 0 Å². The lowest BCUT2D eigenvalue weighted by atomic mass is 10.0. The van der Waals surface area contributed by atoms with Crippen molar-refractivity contribution < 1.29 is 14.4 Å². The monoisotopic (exact) mass is 404 g/mol. The third-order valence-corrected chi connectivity index (χ3v) is 4.55. The van der Waals surface area contributed by atoms with E-state index in [2.05, 4.69) is 21.2 Å². The van der Waals surface area contributed by atoms with E-state index in [0.29, 0.717) is 35.0 Å². The van der Waals surface area contributed by atoms with Crippen LogP contribution in [0.3, 0.4) is 0 Å². The summed E-state index contributed by atoms with van der Waals surface area (Å²) in [5.41, 5.74) is 8.51. The third-order valence-electron chi connectivity index (χ3n) is 4.55. The van der Waals surface area contributed by atoms with E-state index >= 15 is 0 Å². The molecule has 0 aliphatic heterocycles. The highest BCUT2D eigenvalue weighted by Crippen LogP contribution is 2.25. The van der Waals surface area contributed by atoms with Gasteiger partial charge in [0.25, 0.3) is 11.8 Å². The van der Waals surface area contributed by atoms with Crippen LogP contribution >= 0.6 is 0 Å². The van der Waals surface area contributed by atoms with Gasteiger partial charge in [-0.2, -0.15) is 0 Å². The number of nitrogens with one attached hydrogen (secondary N) is 3. The van der Waals surface area contributed by atoms with Crippen LogP contribution in [0.25, 0.3) is 22.2 Å². The number of para-hydroxylation sites is 1. The van der Waals surface area contributed by atoms with E-state index in [9.17, 15) is 14.4 Å². The smallest absolute Gasteiger partial charge is 0.270 e. The number of nitrogens with zero attached hydrogens (tertiary/aromatic N) is 1. The molecule has 3 aromatic rings. The highest BCUT2D eigenvalue weighted by Gasteiger charge is 2.15. The Hall–Kier alpha value is -3.74. The molecule has 154 valence electrons. The third kappa shape index (κ3) is 5.20. The van der Waals surface area contributed by atoms with E-state index < -0.39 is 11.8 Å². The number of benzene rings is 2. The molecule has 0 unspecified atom stereocenters. The summed E-state index contributed by atoms with van der Waals surface area (Å²) in [4.78, 5) is 40.8. The molecule has 30 heavy (non-hydrogen) atoms. The Kier molecular flexibility index (Phi) is 6.75. The average Bonchev–Trinajstić information content (AvgIpc) is 2.76. The first-order chi connectivity index (χ1) is 14.5. The number of rotatable bonds is 6. The molecule has 2 aromatic carbocycles. The molecule has 3 rings (SSSR count). The molecule has 3 N–H and O–H groups in total. The number of hydrazine groups is 1. The van der Waals surface area contributed by atoms with E-state index in [4.69, 9.17) is 0 Å².